The first kappa shape index (κ1) is 15.6. The third-order valence-electron chi connectivity index (χ3n) is 2.80. The Morgan fingerprint density at radius 3 is 2.62 bits per heavy atom. The van der Waals surface area contributed by atoms with Crippen molar-refractivity contribution in [3.8, 4) is 0 Å². The van der Waals surface area contributed by atoms with Crippen molar-refractivity contribution >= 4 is 40.1 Å². The molecule has 110 valence electrons. The van der Waals surface area contributed by atoms with E-state index in [-0.39, 0.29) is 18.4 Å². The summed E-state index contributed by atoms with van der Waals surface area (Å²) in [6, 6.07) is 9.09. The van der Waals surface area contributed by atoms with E-state index in [1.807, 2.05) is 18.2 Å². The Morgan fingerprint density at radius 1 is 1.24 bits per heavy atom. The summed E-state index contributed by atoms with van der Waals surface area (Å²) in [5.41, 5.74) is 1.16. The minimum Gasteiger partial charge on any atom is -0.466 e. The lowest BCUT2D eigenvalue weighted by Crippen LogP contribution is -2.32. The third-order valence-corrected chi connectivity index (χ3v) is 3.47. The number of nitrogens with one attached hydrogen (secondary N) is 2. The Kier molecular flexibility index (Phi) is 5.00. The fourth-order valence-electron chi connectivity index (χ4n) is 1.88. The van der Waals surface area contributed by atoms with Crippen LogP contribution in [-0.2, 0) is 4.79 Å². The maximum atomic E-state index is 11.9. The maximum Gasteiger partial charge on any atom is 0.255 e. The summed E-state index contributed by atoms with van der Waals surface area (Å²) >= 11 is 2.17. The Morgan fingerprint density at radius 2 is 2.00 bits per heavy atom. The first-order chi connectivity index (χ1) is 9.95. The molecule has 1 heterocycles. The van der Waals surface area contributed by atoms with Crippen molar-refractivity contribution in [3.05, 3.63) is 51.0 Å². The Balaban J connectivity index is 1.89. The highest BCUT2D eigenvalue weighted by molar-refractivity contribution is 14.1. The minimum atomic E-state index is -0.317. The smallest absolute Gasteiger partial charge is 0.255 e. The summed E-state index contributed by atoms with van der Waals surface area (Å²) in [6.07, 6.45) is 0. The van der Waals surface area contributed by atoms with Crippen molar-refractivity contribution in [2.24, 2.45) is 0 Å². The van der Waals surface area contributed by atoms with Gasteiger partial charge in [-0.15, -0.1) is 0 Å². The molecule has 2 N–H and O–H groups in total. The number of carbonyl (C=O) groups excluding carboxylic acids is 2. The van der Waals surface area contributed by atoms with Crippen LogP contribution >= 0.6 is 22.6 Å². The summed E-state index contributed by atoms with van der Waals surface area (Å²) in [7, 11) is 0. The lowest BCUT2D eigenvalue weighted by molar-refractivity contribution is -0.115. The maximum absolute atomic E-state index is 11.9. The van der Waals surface area contributed by atoms with Crippen LogP contribution in [0.15, 0.2) is 34.7 Å². The topological polar surface area (TPSA) is 71.3 Å². The van der Waals surface area contributed by atoms with E-state index < -0.39 is 0 Å². The highest BCUT2D eigenvalue weighted by Crippen LogP contribution is 2.14. The molecule has 0 spiro atoms. The van der Waals surface area contributed by atoms with Crippen LogP contribution in [0.3, 0.4) is 0 Å². The number of rotatable bonds is 4. The van der Waals surface area contributed by atoms with Crippen molar-refractivity contribution in [2.45, 2.75) is 13.8 Å². The molecule has 5 nitrogen and oxygen atoms in total. The average Bonchev–Trinajstić information content (AvgIpc) is 2.75. The Hall–Kier alpha value is -1.83. The predicted octanol–water partition coefficient (Wildman–Crippen LogP) is 2.87. The van der Waals surface area contributed by atoms with Gasteiger partial charge in [0, 0.05) is 9.26 Å². The van der Waals surface area contributed by atoms with E-state index in [0.29, 0.717) is 22.8 Å². The Bertz CT molecular complexity index is 679. The monoisotopic (exact) mass is 398 g/mol. The quantitative estimate of drug-likeness (QED) is 0.779. The van der Waals surface area contributed by atoms with Crippen molar-refractivity contribution in [1.29, 1.82) is 0 Å². The molecule has 0 radical (unpaired) electrons. The second kappa shape index (κ2) is 6.75. The van der Waals surface area contributed by atoms with Gasteiger partial charge in [0.2, 0.25) is 5.91 Å². The second-order valence-electron chi connectivity index (χ2n) is 4.57. The highest BCUT2D eigenvalue weighted by atomic mass is 127. The number of carbonyl (C=O) groups is 2. The number of halogens is 1. The van der Waals surface area contributed by atoms with Gasteiger partial charge in [0.05, 0.1) is 12.1 Å². The number of hydrogen-bond donors (Lipinski definition) is 2. The zero-order chi connectivity index (χ0) is 15.4. The SMILES string of the molecule is Cc1cc(C(=O)NCC(=O)Nc2cccc(I)c2)c(C)o1. The zero-order valence-electron chi connectivity index (χ0n) is 11.7. The van der Waals surface area contributed by atoms with E-state index in [9.17, 15) is 9.59 Å². The van der Waals surface area contributed by atoms with Gasteiger partial charge in [-0.05, 0) is 60.7 Å². The van der Waals surface area contributed by atoms with Gasteiger partial charge in [-0.3, -0.25) is 9.59 Å². The molecule has 0 saturated carbocycles. The molecule has 1 aromatic carbocycles. The molecule has 2 amide bonds. The molecule has 0 saturated heterocycles. The largest absolute Gasteiger partial charge is 0.466 e. The van der Waals surface area contributed by atoms with Crippen LogP contribution in [0.4, 0.5) is 5.69 Å². The predicted molar refractivity (Wildman–Crippen MR) is 88.3 cm³/mol. The second-order valence-corrected chi connectivity index (χ2v) is 5.81. The van der Waals surface area contributed by atoms with Crippen molar-refractivity contribution in [2.75, 3.05) is 11.9 Å². The number of amides is 2. The summed E-state index contributed by atoms with van der Waals surface area (Å²) in [4.78, 5) is 23.7. The summed E-state index contributed by atoms with van der Waals surface area (Å²) in [5, 5.41) is 5.30. The van der Waals surface area contributed by atoms with Crippen LogP contribution in [-0.4, -0.2) is 18.4 Å². The number of furan rings is 1. The van der Waals surface area contributed by atoms with Crippen LogP contribution in [0.1, 0.15) is 21.9 Å². The van der Waals surface area contributed by atoms with Crippen LogP contribution in [0, 0.1) is 17.4 Å². The standard InChI is InChI=1S/C15H15IN2O3/c1-9-6-13(10(2)21-9)15(20)17-8-14(19)18-12-5-3-4-11(16)7-12/h3-7H,8H2,1-2H3,(H,17,20)(H,18,19). The lowest BCUT2D eigenvalue weighted by atomic mass is 10.2. The van der Waals surface area contributed by atoms with Crippen LogP contribution < -0.4 is 10.6 Å². The van der Waals surface area contributed by atoms with Gasteiger partial charge in [0.25, 0.3) is 5.91 Å². The van der Waals surface area contributed by atoms with Gasteiger partial charge in [0.1, 0.15) is 11.5 Å². The first-order valence-electron chi connectivity index (χ1n) is 6.36. The molecule has 1 aromatic heterocycles. The summed E-state index contributed by atoms with van der Waals surface area (Å²) in [6.45, 7) is 3.40. The Labute approximate surface area is 136 Å². The van der Waals surface area contributed by atoms with Gasteiger partial charge in [-0.25, -0.2) is 0 Å². The van der Waals surface area contributed by atoms with E-state index in [4.69, 9.17) is 4.42 Å². The molecule has 0 aliphatic heterocycles. The fraction of sp³-hybridized carbons (Fsp3) is 0.200. The minimum absolute atomic E-state index is 0.0893. The molecule has 2 aromatic rings. The van der Waals surface area contributed by atoms with Crippen molar-refractivity contribution in [3.63, 3.8) is 0 Å². The van der Waals surface area contributed by atoms with Crippen LogP contribution in [0.25, 0.3) is 0 Å². The molecule has 21 heavy (non-hydrogen) atoms. The zero-order valence-corrected chi connectivity index (χ0v) is 13.9. The highest BCUT2D eigenvalue weighted by Gasteiger charge is 2.14. The summed E-state index contributed by atoms with van der Waals surface area (Å²) in [5.74, 6) is 0.620. The number of hydrogen-bond acceptors (Lipinski definition) is 3. The van der Waals surface area contributed by atoms with E-state index in [1.165, 1.54) is 0 Å². The molecule has 0 aliphatic carbocycles. The lowest BCUT2D eigenvalue weighted by Gasteiger charge is -2.07. The molecular weight excluding hydrogens is 383 g/mol. The molecule has 6 heteroatoms. The number of benzene rings is 1. The van der Waals surface area contributed by atoms with Gasteiger partial charge < -0.3 is 15.1 Å². The van der Waals surface area contributed by atoms with E-state index in [1.54, 1.807) is 26.0 Å². The van der Waals surface area contributed by atoms with Crippen LogP contribution in [0.5, 0.6) is 0 Å². The molecule has 0 bridgehead atoms. The van der Waals surface area contributed by atoms with E-state index in [2.05, 4.69) is 33.2 Å². The summed E-state index contributed by atoms with van der Waals surface area (Å²) < 4.78 is 6.32. The number of aryl methyl sites for hydroxylation is 2. The average molecular weight is 398 g/mol. The molecular formula is C15H15IN2O3. The molecule has 2 rings (SSSR count). The van der Waals surface area contributed by atoms with Crippen molar-refractivity contribution in [1.82, 2.24) is 5.32 Å². The molecule has 0 atom stereocenters. The van der Waals surface area contributed by atoms with E-state index in [0.717, 1.165) is 3.57 Å². The van der Waals surface area contributed by atoms with Crippen molar-refractivity contribution < 1.29 is 14.0 Å². The van der Waals surface area contributed by atoms with Gasteiger partial charge >= 0.3 is 0 Å². The number of anilines is 1. The van der Waals surface area contributed by atoms with Gasteiger partial charge in [-0.2, -0.15) is 0 Å². The first-order valence-corrected chi connectivity index (χ1v) is 7.44. The van der Waals surface area contributed by atoms with Gasteiger partial charge in [-0.1, -0.05) is 6.07 Å². The third kappa shape index (κ3) is 4.32. The normalized spacial score (nSPS) is 10.2. The van der Waals surface area contributed by atoms with E-state index >= 15 is 0 Å². The molecule has 0 unspecified atom stereocenters. The molecule has 0 aliphatic rings. The van der Waals surface area contributed by atoms with Crippen LogP contribution in [0.2, 0.25) is 0 Å². The fourth-order valence-corrected chi connectivity index (χ4v) is 2.43. The molecule has 0 fully saturated rings. The van der Waals surface area contributed by atoms with Gasteiger partial charge in [0.15, 0.2) is 0 Å².